The zero-order valence-corrected chi connectivity index (χ0v) is 16.5. The Balaban J connectivity index is 1.41. The SMILES string of the molecule is CC(C)n1ncc2cc(NC(=O)C3CCCN(Cc4ccccc4)C3)cnc21. The second kappa shape index (κ2) is 8.10. The summed E-state index contributed by atoms with van der Waals surface area (Å²) in [4.78, 5) is 19.7. The fraction of sp³-hybridized carbons (Fsp3) is 0.409. The first-order valence-electron chi connectivity index (χ1n) is 10.0. The largest absolute Gasteiger partial charge is 0.324 e. The van der Waals surface area contributed by atoms with Crippen molar-refractivity contribution in [2.75, 3.05) is 18.4 Å². The maximum Gasteiger partial charge on any atom is 0.228 e. The number of hydrogen-bond donors (Lipinski definition) is 1. The summed E-state index contributed by atoms with van der Waals surface area (Å²) in [7, 11) is 0. The van der Waals surface area contributed by atoms with Gasteiger partial charge in [0.15, 0.2) is 5.65 Å². The third kappa shape index (κ3) is 4.07. The van der Waals surface area contributed by atoms with Crippen LogP contribution in [-0.4, -0.2) is 38.7 Å². The van der Waals surface area contributed by atoms with Crippen molar-refractivity contribution in [2.45, 2.75) is 39.3 Å². The van der Waals surface area contributed by atoms with Crippen molar-refractivity contribution in [3.63, 3.8) is 0 Å². The highest BCUT2D eigenvalue weighted by Gasteiger charge is 2.26. The van der Waals surface area contributed by atoms with Crippen molar-refractivity contribution in [3.05, 3.63) is 54.4 Å². The molecule has 3 aromatic rings. The molecule has 1 amide bonds. The lowest BCUT2D eigenvalue weighted by Gasteiger charge is -2.32. The van der Waals surface area contributed by atoms with Crippen LogP contribution in [0.25, 0.3) is 11.0 Å². The summed E-state index contributed by atoms with van der Waals surface area (Å²) in [5.74, 6) is 0.0849. The van der Waals surface area contributed by atoms with E-state index in [9.17, 15) is 4.79 Å². The van der Waals surface area contributed by atoms with E-state index in [1.807, 2.05) is 16.8 Å². The highest BCUT2D eigenvalue weighted by molar-refractivity contribution is 5.94. The van der Waals surface area contributed by atoms with Gasteiger partial charge in [-0.05, 0) is 44.9 Å². The highest BCUT2D eigenvalue weighted by atomic mass is 16.1. The molecule has 0 aliphatic carbocycles. The summed E-state index contributed by atoms with van der Waals surface area (Å²) in [5.41, 5.74) is 2.88. The molecule has 2 aromatic heterocycles. The van der Waals surface area contributed by atoms with Gasteiger partial charge < -0.3 is 5.32 Å². The molecule has 0 saturated carbocycles. The molecule has 3 heterocycles. The lowest BCUT2D eigenvalue weighted by atomic mass is 9.96. The minimum Gasteiger partial charge on any atom is -0.324 e. The number of rotatable bonds is 5. The smallest absolute Gasteiger partial charge is 0.228 e. The molecule has 6 heteroatoms. The van der Waals surface area contributed by atoms with E-state index in [4.69, 9.17) is 0 Å². The van der Waals surface area contributed by atoms with E-state index in [1.54, 1.807) is 12.4 Å². The molecule has 0 bridgehead atoms. The summed E-state index contributed by atoms with van der Waals surface area (Å²) >= 11 is 0. The summed E-state index contributed by atoms with van der Waals surface area (Å²) in [5, 5.41) is 8.40. The first kappa shape index (κ1) is 18.6. The van der Waals surface area contributed by atoms with Crippen LogP contribution in [0.1, 0.15) is 38.3 Å². The molecule has 1 unspecified atom stereocenters. The van der Waals surface area contributed by atoms with Crippen LogP contribution in [0.2, 0.25) is 0 Å². The maximum absolute atomic E-state index is 12.8. The second-order valence-electron chi connectivity index (χ2n) is 7.87. The van der Waals surface area contributed by atoms with Gasteiger partial charge in [-0.1, -0.05) is 30.3 Å². The Labute approximate surface area is 165 Å². The number of anilines is 1. The van der Waals surface area contributed by atoms with Crippen molar-refractivity contribution in [3.8, 4) is 0 Å². The van der Waals surface area contributed by atoms with E-state index >= 15 is 0 Å². The molecule has 0 spiro atoms. The van der Waals surface area contributed by atoms with Crippen molar-refractivity contribution in [1.29, 1.82) is 0 Å². The Morgan fingerprint density at radius 2 is 2.07 bits per heavy atom. The normalized spacial score (nSPS) is 17.9. The molecular formula is C22H27N5O. The Bertz CT molecular complexity index is 950. The number of likely N-dealkylation sites (tertiary alicyclic amines) is 1. The molecular weight excluding hydrogens is 350 g/mol. The average Bonchev–Trinajstić information content (AvgIpc) is 3.12. The lowest BCUT2D eigenvalue weighted by molar-refractivity contribution is -0.121. The van der Waals surface area contributed by atoms with Gasteiger partial charge in [-0.15, -0.1) is 0 Å². The third-order valence-corrected chi connectivity index (χ3v) is 5.32. The van der Waals surface area contributed by atoms with Crippen LogP contribution in [-0.2, 0) is 11.3 Å². The molecule has 1 fully saturated rings. The van der Waals surface area contributed by atoms with Crippen LogP contribution in [0.15, 0.2) is 48.8 Å². The second-order valence-corrected chi connectivity index (χ2v) is 7.87. The number of aromatic nitrogens is 3. The van der Waals surface area contributed by atoms with Gasteiger partial charge in [0.2, 0.25) is 5.91 Å². The summed E-state index contributed by atoms with van der Waals surface area (Å²) < 4.78 is 1.89. The van der Waals surface area contributed by atoms with Gasteiger partial charge in [0.25, 0.3) is 0 Å². The molecule has 1 aliphatic rings. The number of piperidine rings is 1. The molecule has 1 aromatic carbocycles. The van der Waals surface area contributed by atoms with Crippen molar-refractivity contribution < 1.29 is 4.79 Å². The fourth-order valence-corrected chi connectivity index (χ4v) is 3.89. The van der Waals surface area contributed by atoms with Gasteiger partial charge >= 0.3 is 0 Å². The van der Waals surface area contributed by atoms with E-state index in [1.165, 1.54) is 5.56 Å². The first-order chi connectivity index (χ1) is 13.6. The number of nitrogens with one attached hydrogen (secondary N) is 1. The van der Waals surface area contributed by atoms with E-state index in [-0.39, 0.29) is 17.9 Å². The minimum atomic E-state index is 0.00606. The number of fused-ring (bicyclic) bond motifs is 1. The fourth-order valence-electron chi connectivity index (χ4n) is 3.89. The molecule has 28 heavy (non-hydrogen) atoms. The third-order valence-electron chi connectivity index (χ3n) is 5.32. The minimum absolute atomic E-state index is 0.00606. The molecule has 4 rings (SSSR count). The van der Waals surface area contributed by atoms with Gasteiger partial charge in [-0.2, -0.15) is 5.10 Å². The highest BCUT2D eigenvalue weighted by Crippen LogP contribution is 2.22. The van der Waals surface area contributed by atoms with Gasteiger partial charge in [0.05, 0.1) is 24.0 Å². The first-order valence-corrected chi connectivity index (χ1v) is 10.0. The van der Waals surface area contributed by atoms with Crippen LogP contribution in [0.5, 0.6) is 0 Å². The van der Waals surface area contributed by atoms with Gasteiger partial charge in [0.1, 0.15) is 0 Å². The zero-order chi connectivity index (χ0) is 19.5. The number of pyridine rings is 1. The van der Waals surface area contributed by atoms with E-state index in [2.05, 4.69) is 58.4 Å². The van der Waals surface area contributed by atoms with Crippen LogP contribution in [0.4, 0.5) is 5.69 Å². The van der Waals surface area contributed by atoms with Gasteiger partial charge in [0, 0.05) is 24.5 Å². The summed E-state index contributed by atoms with van der Waals surface area (Å²) in [6, 6.07) is 12.7. The van der Waals surface area contributed by atoms with Crippen LogP contribution in [0, 0.1) is 5.92 Å². The Kier molecular flexibility index (Phi) is 5.39. The predicted octanol–water partition coefficient (Wildman–Crippen LogP) is 3.86. The predicted molar refractivity (Wildman–Crippen MR) is 111 cm³/mol. The number of nitrogens with zero attached hydrogens (tertiary/aromatic N) is 4. The number of carbonyl (C=O) groups is 1. The van der Waals surface area contributed by atoms with Crippen LogP contribution in [0.3, 0.4) is 0 Å². The Hall–Kier alpha value is -2.73. The zero-order valence-electron chi connectivity index (χ0n) is 16.5. The molecule has 6 nitrogen and oxygen atoms in total. The van der Waals surface area contributed by atoms with Crippen LogP contribution < -0.4 is 5.32 Å². The molecule has 1 atom stereocenters. The Morgan fingerprint density at radius 1 is 1.25 bits per heavy atom. The number of hydrogen-bond acceptors (Lipinski definition) is 4. The Morgan fingerprint density at radius 3 is 2.86 bits per heavy atom. The molecule has 0 radical (unpaired) electrons. The van der Waals surface area contributed by atoms with Gasteiger partial charge in [-0.3, -0.25) is 9.69 Å². The standard InChI is InChI=1S/C22H27N5O/c1-16(2)27-21-19(12-24-27)11-20(13-23-21)25-22(28)18-9-6-10-26(15-18)14-17-7-4-3-5-8-17/h3-5,7-8,11-13,16,18H,6,9-10,14-15H2,1-2H3,(H,25,28). The van der Waals surface area contributed by atoms with E-state index in [0.717, 1.165) is 49.2 Å². The molecule has 1 aliphatic heterocycles. The number of benzene rings is 1. The molecule has 1 N–H and O–H groups in total. The summed E-state index contributed by atoms with van der Waals surface area (Å²) in [6.07, 6.45) is 5.51. The molecule has 1 saturated heterocycles. The van der Waals surface area contributed by atoms with Crippen LogP contribution >= 0.6 is 0 Å². The van der Waals surface area contributed by atoms with Crippen molar-refractivity contribution >= 4 is 22.6 Å². The number of amides is 1. The van der Waals surface area contributed by atoms with E-state index in [0.29, 0.717) is 0 Å². The monoisotopic (exact) mass is 377 g/mol. The number of carbonyl (C=O) groups excluding carboxylic acids is 1. The topological polar surface area (TPSA) is 63.1 Å². The van der Waals surface area contributed by atoms with Crippen molar-refractivity contribution in [2.24, 2.45) is 5.92 Å². The van der Waals surface area contributed by atoms with Crippen molar-refractivity contribution in [1.82, 2.24) is 19.7 Å². The lowest BCUT2D eigenvalue weighted by Crippen LogP contribution is -2.40. The molecule has 146 valence electrons. The summed E-state index contributed by atoms with van der Waals surface area (Å²) in [6.45, 7) is 6.89. The quantitative estimate of drug-likeness (QED) is 0.733. The van der Waals surface area contributed by atoms with E-state index < -0.39 is 0 Å². The van der Waals surface area contributed by atoms with Gasteiger partial charge in [-0.25, -0.2) is 9.67 Å². The average molecular weight is 377 g/mol. The maximum atomic E-state index is 12.8.